The van der Waals surface area contributed by atoms with Crippen molar-refractivity contribution in [2.45, 2.75) is 32.2 Å². The van der Waals surface area contributed by atoms with E-state index in [4.69, 9.17) is 0 Å². The minimum Gasteiger partial charge on any atom is -0.396 e. The van der Waals surface area contributed by atoms with Crippen LogP contribution in [0.25, 0.3) is 0 Å². The molecular formula is C10H17N3O. The van der Waals surface area contributed by atoms with Gasteiger partial charge in [0.1, 0.15) is 0 Å². The van der Waals surface area contributed by atoms with E-state index in [0.717, 1.165) is 18.5 Å². The zero-order chi connectivity index (χ0) is 10.0. The lowest BCUT2D eigenvalue weighted by atomic mass is 9.86. The molecule has 1 aliphatic rings. The number of aromatic nitrogens is 2. The number of H-pyrrole nitrogens is 1. The summed E-state index contributed by atoms with van der Waals surface area (Å²) in [6.07, 6.45) is 7.03. The molecule has 3 N–H and O–H groups in total. The Balaban J connectivity index is 2.04. The number of anilines is 1. The summed E-state index contributed by atoms with van der Waals surface area (Å²) in [5, 5.41) is 19.4. The van der Waals surface area contributed by atoms with Gasteiger partial charge in [-0.1, -0.05) is 13.3 Å². The van der Waals surface area contributed by atoms with E-state index in [-0.39, 0.29) is 12.0 Å². The number of aromatic amines is 1. The predicted octanol–water partition coefficient (Wildman–Crippen LogP) is 1.37. The molecule has 0 amide bonds. The van der Waals surface area contributed by atoms with Crippen LogP contribution in [0, 0.1) is 5.41 Å². The van der Waals surface area contributed by atoms with Gasteiger partial charge in [0.25, 0.3) is 0 Å². The topological polar surface area (TPSA) is 60.9 Å². The number of nitrogens with one attached hydrogen (secondary N) is 2. The van der Waals surface area contributed by atoms with Gasteiger partial charge in [0.15, 0.2) is 0 Å². The van der Waals surface area contributed by atoms with Crippen LogP contribution in [0.3, 0.4) is 0 Å². The number of rotatable bonds is 3. The van der Waals surface area contributed by atoms with E-state index in [1.807, 2.05) is 6.20 Å². The molecule has 2 atom stereocenters. The van der Waals surface area contributed by atoms with Crippen LogP contribution >= 0.6 is 0 Å². The Morgan fingerprint density at radius 2 is 2.64 bits per heavy atom. The molecule has 1 heterocycles. The van der Waals surface area contributed by atoms with Crippen molar-refractivity contribution in [2.24, 2.45) is 5.41 Å². The van der Waals surface area contributed by atoms with Crippen molar-refractivity contribution in [2.75, 3.05) is 11.9 Å². The van der Waals surface area contributed by atoms with Crippen molar-refractivity contribution >= 4 is 5.69 Å². The van der Waals surface area contributed by atoms with Gasteiger partial charge in [-0.25, -0.2) is 0 Å². The highest BCUT2D eigenvalue weighted by Gasteiger charge is 2.38. The molecule has 1 aromatic rings. The maximum Gasteiger partial charge on any atom is 0.0726 e. The molecule has 0 aromatic carbocycles. The Kier molecular flexibility index (Phi) is 2.46. The SMILES string of the molecule is CC1(CO)CCCC1Nc1cn[nH]c1. The van der Waals surface area contributed by atoms with Crippen molar-refractivity contribution in [3.8, 4) is 0 Å². The summed E-state index contributed by atoms with van der Waals surface area (Å²) in [5.41, 5.74) is 1.04. The Morgan fingerprint density at radius 3 is 3.29 bits per heavy atom. The third-order valence-electron chi connectivity index (χ3n) is 3.28. The van der Waals surface area contributed by atoms with Gasteiger partial charge in [-0.2, -0.15) is 5.10 Å². The van der Waals surface area contributed by atoms with Crippen LogP contribution in [0.2, 0.25) is 0 Å². The third kappa shape index (κ3) is 1.62. The van der Waals surface area contributed by atoms with Crippen molar-refractivity contribution < 1.29 is 5.11 Å². The summed E-state index contributed by atoms with van der Waals surface area (Å²) in [4.78, 5) is 0. The maximum atomic E-state index is 9.36. The normalized spacial score (nSPS) is 32.0. The van der Waals surface area contributed by atoms with E-state index in [1.54, 1.807) is 6.20 Å². The first-order chi connectivity index (χ1) is 6.74. The van der Waals surface area contributed by atoms with Crippen LogP contribution < -0.4 is 5.32 Å². The van der Waals surface area contributed by atoms with Gasteiger partial charge in [-0.05, 0) is 12.8 Å². The first-order valence-corrected chi connectivity index (χ1v) is 5.11. The number of hydrogen-bond donors (Lipinski definition) is 3. The smallest absolute Gasteiger partial charge is 0.0726 e. The van der Waals surface area contributed by atoms with Crippen LogP contribution in [0.1, 0.15) is 26.2 Å². The van der Waals surface area contributed by atoms with Gasteiger partial charge in [0.05, 0.1) is 18.5 Å². The van der Waals surface area contributed by atoms with Crippen molar-refractivity contribution in [3.63, 3.8) is 0 Å². The summed E-state index contributed by atoms with van der Waals surface area (Å²) in [6.45, 7) is 2.39. The highest BCUT2D eigenvalue weighted by atomic mass is 16.3. The molecule has 4 nitrogen and oxygen atoms in total. The summed E-state index contributed by atoms with van der Waals surface area (Å²) >= 11 is 0. The molecule has 0 aliphatic heterocycles. The fourth-order valence-electron chi connectivity index (χ4n) is 2.20. The first-order valence-electron chi connectivity index (χ1n) is 5.11. The van der Waals surface area contributed by atoms with E-state index in [1.165, 1.54) is 6.42 Å². The minimum absolute atomic E-state index is 0.0251. The van der Waals surface area contributed by atoms with Crippen molar-refractivity contribution in [3.05, 3.63) is 12.4 Å². The van der Waals surface area contributed by atoms with E-state index in [2.05, 4.69) is 22.4 Å². The highest BCUT2D eigenvalue weighted by molar-refractivity contribution is 5.39. The molecule has 1 saturated carbocycles. The average molecular weight is 195 g/mol. The maximum absolute atomic E-state index is 9.36. The van der Waals surface area contributed by atoms with Crippen LogP contribution in [-0.2, 0) is 0 Å². The zero-order valence-electron chi connectivity index (χ0n) is 8.45. The Hall–Kier alpha value is -1.03. The fourth-order valence-corrected chi connectivity index (χ4v) is 2.20. The molecule has 0 radical (unpaired) electrons. The average Bonchev–Trinajstić information content (AvgIpc) is 2.79. The standard InChI is InChI=1S/C10H17N3O/c1-10(7-14)4-2-3-9(10)13-8-5-11-12-6-8/h5-6,9,13-14H,2-4,7H2,1H3,(H,11,12). The number of aliphatic hydroxyl groups excluding tert-OH is 1. The number of hydrogen-bond acceptors (Lipinski definition) is 3. The third-order valence-corrected chi connectivity index (χ3v) is 3.28. The van der Waals surface area contributed by atoms with Gasteiger partial charge in [-0.3, -0.25) is 5.10 Å². The second-order valence-corrected chi connectivity index (χ2v) is 4.39. The van der Waals surface area contributed by atoms with E-state index >= 15 is 0 Å². The number of nitrogens with zero attached hydrogens (tertiary/aromatic N) is 1. The zero-order valence-corrected chi connectivity index (χ0v) is 8.45. The van der Waals surface area contributed by atoms with Crippen molar-refractivity contribution in [1.29, 1.82) is 0 Å². The molecule has 1 fully saturated rings. The van der Waals surface area contributed by atoms with Gasteiger partial charge >= 0.3 is 0 Å². The lowest BCUT2D eigenvalue weighted by Crippen LogP contribution is -2.36. The Labute approximate surface area is 83.7 Å². The monoisotopic (exact) mass is 195 g/mol. The molecule has 2 rings (SSSR count). The molecule has 1 aliphatic carbocycles. The fraction of sp³-hybridized carbons (Fsp3) is 0.700. The Bertz CT molecular complexity index is 286. The highest BCUT2D eigenvalue weighted by Crippen LogP contribution is 2.38. The van der Waals surface area contributed by atoms with E-state index < -0.39 is 0 Å². The second kappa shape index (κ2) is 3.61. The molecule has 0 bridgehead atoms. The molecular weight excluding hydrogens is 178 g/mol. The summed E-state index contributed by atoms with van der Waals surface area (Å²) in [5.74, 6) is 0. The molecule has 2 unspecified atom stereocenters. The van der Waals surface area contributed by atoms with E-state index in [9.17, 15) is 5.11 Å². The molecule has 1 aromatic heterocycles. The minimum atomic E-state index is 0.0251. The summed E-state index contributed by atoms with van der Waals surface area (Å²) < 4.78 is 0. The molecule has 4 heteroatoms. The van der Waals surface area contributed by atoms with Gasteiger partial charge in [0.2, 0.25) is 0 Å². The number of aliphatic hydroxyl groups is 1. The van der Waals surface area contributed by atoms with Crippen LogP contribution in [0.15, 0.2) is 12.4 Å². The van der Waals surface area contributed by atoms with Crippen LogP contribution in [0.4, 0.5) is 5.69 Å². The largest absolute Gasteiger partial charge is 0.396 e. The molecule has 14 heavy (non-hydrogen) atoms. The van der Waals surface area contributed by atoms with Crippen LogP contribution in [-0.4, -0.2) is 28.0 Å². The van der Waals surface area contributed by atoms with Gasteiger partial charge in [0, 0.05) is 17.7 Å². The van der Waals surface area contributed by atoms with E-state index in [0.29, 0.717) is 6.04 Å². The summed E-state index contributed by atoms with van der Waals surface area (Å²) in [7, 11) is 0. The van der Waals surface area contributed by atoms with Crippen molar-refractivity contribution in [1.82, 2.24) is 10.2 Å². The molecule has 0 spiro atoms. The lowest BCUT2D eigenvalue weighted by molar-refractivity contribution is 0.139. The second-order valence-electron chi connectivity index (χ2n) is 4.39. The molecule has 0 saturated heterocycles. The van der Waals surface area contributed by atoms with Crippen LogP contribution in [0.5, 0.6) is 0 Å². The van der Waals surface area contributed by atoms with Gasteiger partial charge in [-0.15, -0.1) is 0 Å². The lowest BCUT2D eigenvalue weighted by Gasteiger charge is -2.30. The Morgan fingerprint density at radius 1 is 1.79 bits per heavy atom. The predicted molar refractivity (Wildman–Crippen MR) is 55.0 cm³/mol. The molecule has 78 valence electrons. The summed E-state index contributed by atoms with van der Waals surface area (Å²) in [6, 6.07) is 0.366. The first kappa shape index (κ1) is 9.52. The van der Waals surface area contributed by atoms with Gasteiger partial charge < -0.3 is 10.4 Å². The quantitative estimate of drug-likeness (QED) is 0.682.